The minimum absolute atomic E-state index is 0.134. The smallest absolute Gasteiger partial charge is 0.178 e. The highest BCUT2D eigenvalue weighted by Gasteiger charge is 2.10. The Balaban J connectivity index is 2.08. The molecule has 0 amide bonds. The number of rotatable bonds is 4. The van der Waals surface area contributed by atoms with Gasteiger partial charge in [-0.3, -0.25) is 0 Å². The third kappa shape index (κ3) is 2.85. The maximum Gasteiger partial charge on any atom is 0.178 e. The van der Waals surface area contributed by atoms with Crippen LogP contribution in [0.2, 0.25) is 0 Å². The molecule has 0 saturated heterocycles. The zero-order chi connectivity index (χ0) is 14.8. The molecule has 0 spiro atoms. The van der Waals surface area contributed by atoms with Gasteiger partial charge in [0, 0.05) is 0 Å². The second-order valence-corrected chi connectivity index (χ2v) is 5.71. The summed E-state index contributed by atoms with van der Waals surface area (Å²) in [6, 6.07) is 16.4. The van der Waals surface area contributed by atoms with E-state index in [0.717, 1.165) is 23.3 Å². The molecule has 2 aromatic carbocycles. The zero-order valence-corrected chi connectivity index (χ0v) is 13.0. The molecule has 1 N–H and O–H groups in total. The third-order valence-electron chi connectivity index (χ3n) is 3.32. The third-order valence-corrected chi connectivity index (χ3v) is 3.64. The number of ether oxygens (including phenoxy) is 1. The lowest BCUT2D eigenvalue weighted by atomic mass is 10.2. The molecule has 3 nitrogen and oxygen atoms in total. The fraction of sp³-hybridized carbons (Fsp3) is 0.235. The van der Waals surface area contributed by atoms with Crippen LogP contribution in [-0.2, 0) is 6.54 Å². The van der Waals surface area contributed by atoms with Crippen molar-refractivity contribution in [2.45, 2.75) is 26.5 Å². The quantitative estimate of drug-likeness (QED) is 0.717. The topological polar surface area (TPSA) is 29.9 Å². The molecule has 3 rings (SSSR count). The second kappa shape index (κ2) is 5.74. The van der Waals surface area contributed by atoms with E-state index in [1.807, 2.05) is 44.2 Å². The number of imidazole rings is 1. The highest BCUT2D eigenvalue weighted by atomic mass is 32.1. The summed E-state index contributed by atoms with van der Waals surface area (Å²) in [7, 11) is 0. The summed E-state index contributed by atoms with van der Waals surface area (Å²) in [6.07, 6.45) is 0.134. The molecule has 0 saturated carbocycles. The Hall–Kier alpha value is -2.07. The first-order chi connectivity index (χ1) is 10.1. The van der Waals surface area contributed by atoms with Crippen LogP contribution >= 0.6 is 12.2 Å². The highest BCUT2D eigenvalue weighted by Crippen LogP contribution is 2.26. The predicted octanol–water partition coefficient (Wildman–Crippen LogP) is 4.53. The van der Waals surface area contributed by atoms with Crippen LogP contribution in [0.5, 0.6) is 5.75 Å². The lowest BCUT2D eigenvalue weighted by Crippen LogP contribution is -2.06. The lowest BCUT2D eigenvalue weighted by Gasteiger charge is -2.10. The van der Waals surface area contributed by atoms with Crippen molar-refractivity contribution < 1.29 is 4.74 Å². The maximum atomic E-state index is 5.86. The number of fused-ring (bicyclic) bond motifs is 1. The van der Waals surface area contributed by atoms with E-state index in [9.17, 15) is 0 Å². The van der Waals surface area contributed by atoms with Gasteiger partial charge in [0.2, 0.25) is 0 Å². The summed E-state index contributed by atoms with van der Waals surface area (Å²) in [6.45, 7) is 4.80. The summed E-state index contributed by atoms with van der Waals surface area (Å²) in [5, 5.41) is 0. The van der Waals surface area contributed by atoms with Crippen LogP contribution in [0.15, 0.2) is 48.5 Å². The Morgan fingerprint density at radius 2 is 1.86 bits per heavy atom. The van der Waals surface area contributed by atoms with Gasteiger partial charge in [-0.15, -0.1) is 0 Å². The molecular formula is C17H18N2OS. The average molecular weight is 298 g/mol. The fourth-order valence-corrected chi connectivity index (χ4v) is 2.69. The van der Waals surface area contributed by atoms with E-state index in [1.54, 1.807) is 0 Å². The zero-order valence-electron chi connectivity index (χ0n) is 12.2. The van der Waals surface area contributed by atoms with E-state index < -0.39 is 0 Å². The molecule has 1 aromatic heterocycles. The van der Waals surface area contributed by atoms with Gasteiger partial charge in [0.05, 0.1) is 18.2 Å². The Labute approximate surface area is 129 Å². The van der Waals surface area contributed by atoms with Crippen molar-refractivity contribution in [2.75, 3.05) is 0 Å². The van der Waals surface area contributed by atoms with Gasteiger partial charge in [-0.1, -0.05) is 36.4 Å². The number of aromatic nitrogens is 2. The lowest BCUT2D eigenvalue weighted by molar-refractivity contribution is 0.245. The molecule has 0 bridgehead atoms. The van der Waals surface area contributed by atoms with E-state index in [-0.39, 0.29) is 6.10 Å². The first-order valence-electron chi connectivity index (χ1n) is 7.07. The molecule has 21 heavy (non-hydrogen) atoms. The first kappa shape index (κ1) is 13.9. The first-order valence-corrected chi connectivity index (χ1v) is 7.48. The fourth-order valence-electron chi connectivity index (χ4n) is 2.43. The van der Waals surface area contributed by atoms with Crippen LogP contribution in [-0.4, -0.2) is 15.7 Å². The number of hydrogen-bond acceptors (Lipinski definition) is 2. The van der Waals surface area contributed by atoms with Crippen LogP contribution in [0.4, 0.5) is 0 Å². The minimum atomic E-state index is 0.134. The van der Waals surface area contributed by atoms with E-state index in [1.165, 1.54) is 5.56 Å². The largest absolute Gasteiger partial charge is 0.489 e. The molecule has 0 aliphatic rings. The molecule has 4 heteroatoms. The Bertz CT molecular complexity index is 803. The number of hydrogen-bond donors (Lipinski definition) is 1. The Kier molecular flexibility index (Phi) is 3.80. The van der Waals surface area contributed by atoms with Crippen molar-refractivity contribution in [1.82, 2.24) is 9.55 Å². The molecule has 0 fully saturated rings. The van der Waals surface area contributed by atoms with Crippen molar-refractivity contribution in [3.63, 3.8) is 0 Å². The van der Waals surface area contributed by atoms with Gasteiger partial charge in [-0.2, -0.15) is 0 Å². The van der Waals surface area contributed by atoms with Crippen LogP contribution < -0.4 is 4.74 Å². The molecule has 0 atom stereocenters. The second-order valence-electron chi connectivity index (χ2n) is 5.32. The van der Waals surface area contributed by atoms with E-state index >= 15 is 0 Å². The number of H-pyrrole nitrogens is 1. The van der Waals surface area contributed by atoms with Gasteiger partial charge in [0.1, 0.15) is 11.3 Å². The monoisotopic (exact) mass is 298 g/mol. The molecule has 0 aliphatic carbocycles. The number of aromatic amines is 1. The van der Waals surface area contributed by atoms with Gasteiger partial charge in [0.25, 0.3) is 0 Å². The number of benzene rings is 2. The van der Waals surface area contributed by atoms with Crippen molar-refractivity contribution in [1.29, 1.82) is 0 Å². The standard InChI is InChI=1S/C17H18N2OS/c1-12(2)20-15-10-6-9-14-16(15)18-17(21)19(14)11-13-7-4-3-5-8-13/h3-10,12H,11H2,1-2H3,(H,18,21). The summed E-state index contributed by atoms with van der Waals surface area (Å²) >= 11 is 5.48. The van der Waals surface area contributed by atoms with Crippen molar-refractivity contribution >= 4 is 23.3 Å². The predicted molar refractivity (Wildman–Crippen MR) is 88.4 cm³/mol. The van der Waals surface area contributed by atoms with Gasteiger partial charge in [-0.25, -0.2) is 0 Å². The van der Waals surface area contributed by atoms with Gasteiger partial charge < -0.3 is 14.3 Å². The summed E-state index contributed by atoms with van der Waals surface area (Å²) in [4.78, 5) is 3.27. The minimum Gasteiger partial charge on any atom is -0.489 e. The van der Waals surface area contributed by atoms with Crippen molar-refractivity contribution in [3.8, 4) is 5.75 Å². The van der Waals surface area contributed by atoms with Gasteiger partial charge in [0.15, 0.2) is 4.77 Å². The van der Waals surface area contributed by atoms with Crippen LogP contribution in [0, 0.1) is 4.77 Å². The molecule has 0 radical (unpaired) electrons. The van der Waals surface area contributed by atoms with Gasteiger partial charge >= 0.3 is 0 Å². The molecule has 1 heterocycles. The molecule has 108 valence electrons. The number of nitrogens with one attached hydrogen (secondary N) is 1. The van der Waals surface area contributed by atoms with E-state index in [0.29, 0.717) is 4.77 Å². The summed E-state index contributed by atoms with van der Waals surface area (Å²) in [5.74, 6) is 0.848. The van der Waals surface area contributed by atoms with Gasteiger partial charge in [-0.05, 0) is 43.8 Å². The number of para-hydroxylation sites is 1. The normalized spacial score (nSPS) is 11.2. The van der Waals surface area contributed by atoms with Crippen LogP contribution in [0.1, 0.15) is 19.4 Å². The summed E-state index contributed by atoms with van der Waals surface area (Å²) in [5.41, 5.74) is 3.26. The van der Waals surface area contributed by atoms with E-state index in [2.05, 4.69) is 27.8 Å². The Morgan fingerprint density at radius 1 is 1.10 bits per heavy atom. The summed E-state index contributed by atoms with van der Waals surface area (Å²) < 4.78 is 8.68. The SMILES string of the molecule is CC(C)Oc1cccc2c1[nH]c(=S)n2Cc1ccccc1. The molecule has 3 aromatic rings. The van der Waals surface area contributed by atoms with E-state index in [4.69, 9.17) is 17.0 Å². The van der Waals surface area contributed by atoms with Crippen molar-refractivity contribution in [2.24, 2.45) is 0 Å². The Morgan fingerprint density at radius 3 is 2.57 bits per heavy atom. The molecule has 0 unspecified atom stereocenters. The molecule has 0 aliphatic heterocycles. The number of nitrogens with zero attached hydrogens (tertiary/aromatic N) is 1. The highest BCUT2D eigenvalue weighted by molar-refractivity contribution is 7.71. The van der Waals surface area contributed by atoms with Crippen LogP contribution in [0.3, 0.4) is 0 Å². The average Bonchev–Trinajstić information content (AvgIpc) is 2.77. The van der Waals surface area contributed by atoms with Crippen LogP contribution in [0.25, 0.3) is 11.0 Å². The molecular weight excluding hydrogens is 280 g/mol. The maximum absolute atomic E-state index is 5.86. The van der Waals surface area contributed by atoms with Crippen molar-refractivity contribution in [3.05, 3.63) is 58.9 Å².